The minimum absolute atomic E-state index is 0.0987. The van der Waals surface area contributed by atoms with E-state index in [1.807, 2.05) is 48.5 Å². The SMILES string of the molecule is O=C(c1ccccc1)c1cccc(N2CCCC2)c1. The summed E-state index contributed by atoms with van der Waals surface area (Å²) in [6.07, 6.45) is 2.49. The molecule has 19 heavy (non-hydrogen) atoms. The molecular formula is C17H17NO. The predicted octanol–water partition coefficient (Wildman–Crippen LogP) is 3.52. The van der Waals surface area contributed by atoms with Crippen LogP contribution < -0.4 is 4.90 Å². The number of hydrogen-bond acceptors (Lipinski definition) is 2. The average Bonchev–Trinajstić information content (AvgIpc) is 3.02. The summed E-state index contributed by atoms with van der Waals surface area (Å²) in [4.78, 5) is 14.7. The van der Waals surface area contributed by atoms with Crippen molar-refractivity contribution in [1.82, 2.24) is 0 Å². The van der Waals surface area contributed by atoms with Gasteiger partial charge in [-0.15, -0.1) is 0 Å². The molecule has 0 aliphatic carbocycles. The molecule has 0 bridgehead atoms. The van der Waals surface area contributed by atoms with Crippen molar-refractivity contribution in [3.05, 3.63) is 65.7 Å². The van der Waals surface area contributed by atoms with Gasteiger partial charge in [0, 0.05) is 29.9 Å². The Hall–Kier alpha value is -2.09. The summed E-state index contributed by atoms with van der Waals surface area (Å²) >= 11 is 0. The van der Waals surface area contributed by atoms with Gasteiger partial charge in [-0.25, -0.2) is 0 Å². The van der Waals surface area contributed by atoms with Crippen LogP contribution >= 0.6 is 0 Å². The molecular weight excluding hydrogens is 234 g/mol. The van der Waals surface area contributed by atoms with Crippen LogP contribution in [0.3, 0.4) is 0 Å². The Bertz CT molecular complexity index is 571. The van der Waals surface area contributed by atoms with E-state index >= 15 is 0 Å². The lowest BCUT2D eigenvalue weighted by Gasteiger charge is -2.18. The quantitative estimate of drug-likeness (QED) is 0.778. The molecule has 0 N–H and O–H groups in total. The van der Waals surface area contributed by atoms with Gasteiger partial charge in [0.1, 0.15) is 0 Å². The number of benzene rings is 2. The molecule has 0 atom stereocenters. The van der Waals surface area contributed by atoms with Crippen molar-refractivity contribution in [2.24, 2.45) is 0 Å². The summed E-state index contributed by atoms with van der Waals surface area (Å²) in [6.45, 7) is 2.20. The molecule has 2 aromatic carbocycles. The molecule has 96 valence electrons. The molecule has 0 amide bonds. The maximum Gasteiger partial charge on any atom is 0.193 e. The van der Waals surface area contributed by atoms with Crippen molar-refractivity contribution in [1.29, 1.82) is 0 Å². The summed E-state index contributed by atoms with van der Waals surface area (Å²) in [5, 5.41) is 0. The van der Waals surface area contributed by atoms with E-state index < -0.39 is 0 Å². The second kappa shape index (κ2) is 5.27. The molecule has 1 fully saturated rings. The number of carbonyl (C=O) groups is 1. The molecule has 0 radical (unpaired) electrons. The third kappa shape index (κ3) is 2.53. The fraction of sp³-hybridized carbons (Fsp3) is 0.235. The molecule has 0 saturated carbocycles. The Morgan fingerprint density at radius 3 is 2.26 bits per heavy atom. The number of ketones is 1. The smallest absolute Gasteiger partial charge is 0.193 e. The van der Waals surface area contributed by atoms with E-state index in [1.54, 1.807) is 0 Å². The van der Waals surface area contributed by atoms with Crippen LogP contribution in [-0.4, -0.2) is 18.9 Å². The predicted molar refractivity (Wildman–Crippen MR) is 77.8 cm³/mol. The van der Waals surface area contributed by atoms with Crippen LogP contribution in [-0.2, 0) is 0 Å². The van der Waals surface area contributed by atoms with E-state index in [-0.39, 0.29) is 5.78 Å². The largest absolute Gasteiger partial charge is 0.372 e. The molecule has 1 saturated heterocycles. The summed E-state index contributed by atoms with van der Waals surface area (Å²) in [7, 11) is 0. The standard InChI is InChI=1S/C17H17NO/c19-17(14-7-2-1-3-8-14)15-9-6-10-16(13-15)18-11-4-5-12-18/h1-3,6-10,13H,4-5,11-12H2. The zero-order chi connectivity index (χ0) is 13.1. The maximum absolute atomic E-state index is 12.4. The minimum Gasteiger partial charge on any atom is -0.372 e. The van der Waals surface area contributed by atoms with Crippen LogP contribution in [0.4, 0.5) is 5.69 Å². The second-order valence-electron chi connectivity index (χ2n) is 4.94. The highest BCUT2D eigenvalue weighted by Gasteiger charge is 2.14. The van der Waals surface area contributed by atoms with Crippen LogP contribution in [0.1, 0.15) is 28.8 Å². The molecule has 1 aliphatic rings. The average molecular weight is 251 g/mol. The molecule has 0 spiro atoms. The number of rotatable bonds is 3. The van der Waals surface area contributed by atoms with E-state index in [9.17, 15) is 4.79 Å². The Balaban J connectivity index is 1.89. The van der Waals surface area contributed by atoms with Crippen molar-refractivity contribution < 1.29 is 4.79 Å². The van der Waals surface area contributed by atoms with Gasteiger partial charge in [0.15, 0.2) is 5.78 Å². The van der Waals surface area contributed by atoms with Gasteiger partial charge in [-0.3, -0.25) is 4.79 Å². The lowest BCUT2D eigenvalue weighted by Crippen LogP contribution is -2.17. The van der Waals surface area contributed by atoms with Gasteiger partial charge in [0.05, 0.1) is 0 Å². The third-order valence-electron chi connectivity index (χ3n) is 3.62. The number of anilines is 1. The van der Waals surface area contributed by atoms with Crippen LogP contribution in [0.5, 0.6) is 0 Å². The van der Waals surface area contributed by atoms with E-state index in [2.05, 4.69) is 11.0 Å². The van der Waals surface area contributed by atoms with Gasteiger partial charge in [0.2, 0.25) is 0 Å². The van der Waals surface area contributed by atoms with E-state index in [1.165, 1.54) is 18.5 Å². The van der Waals surface area contributed by atoms with Crippen LogP contribution in [0.25, 0.3) is 0 Å². The van der Waals surface area contributed by atoms with Crippen molar-refractivity contribution in [2.75, 3.05) is 18.0 Å². The van der Waals surface area contributed by atoms with E-state index in [4.69, 9.17) is 0 Å². The Kier molecular flexibility index (Phi) is 3.32. The zero-order valence-electron chi connectivity index (χ0n) is 10.9. The van der Waals surface area contributed by atoms with Crippen LogP contribution in [0.2, 0.25) is 0 Å². The maximum atomic E-state index is 12.4. The highest BCUT2D eigenvalue weighted by molar-refractivity contribution is 6.09. The summed E-state index contributed by atoms with van der Waals surface area (Å²) in [5.74, 6) is 0.0987. The number of nitrogens with zero attached hydrogens (tertiary/aromatic N) is 1. The first kappa shape index (κ1) is 12.0. The van der Waals surface area contributed by atoms with Gasteiger partial charge in [-0.05, 0) is 25.0 Å². The fourth-order valence-electron chi connectivity index (χ4n) is 2.58. The van der Waals surface area contributed by atoms with Crippen molar-refractivity contribution >= 4 is 11.5 Å². The minimum atomic E-state index is 0.0987. The van der Waals surface area contributed by atoms with Gasteiger partial charge >= 0.3 is 0 Å². The highest BCUT2D eigenvalue weighted by Crippen LogP contribution is 2.22. The molecule has 1 heterocycles. The Labute approximate surface area is 113 Å². The van der Waals surface area contributed by atoms with Crippen molar-refractivity contribution in [3.8, 4) is 0 Å². The monoisotopic (exact) mass is 251 g/mol. The van der Waals surface area contributed by atoms with Crippen molar-refractivity contribution in [3.63, 3.8) is 0 Å². The molecule has 0 unspecified atom stereocenters. The lowest BCUT2D eigenvalue weighted by molar-refractivity contribution is 0.103. The highest BCUT2D eigenvalue weighted by atomic mass is 16.1. The second-order valence-corrected chi connectivity index (χ2v) is 4.94. The van der Waals surface area contributed by atoms with Gasteiger partial charge in [-0.1, -0.05) is 42.5 Å². The summed E-state index contributed by atoms with van der Waals surface area (Å²) < 4.78 is 0. The Morgan fingerprint density at radius 2 is 1.53 bits per heavy atom. The topological polar surface area (TPSA) is 20.3 Å². The molecule has 2 nitrogen and oxygen atoms in total. The normalized spacial score (nSPS) is 14.6. The molecule has 1 aliphatic heterocycles. The van der Waals surface area contributed by atoms with Gasteiger partial charge in [0.25, 0.3) is 0 Å². The lowest BCUT2D eigenvalue weighted by atomic mass is 10.0. The molecule has 3 rings (SSSR count). The number of hydrogen-bond donors (Lipinski definition) is 0. The first-order valence-electron chi connectivity index (χ1n) is 6.79. The first-order valence-corrected chi connectivity index (χ1v) is 6.79. The van der Waals surface area contributed by atoms with Gasteiger partial charge < -0.3 is 4.90 Å². The fourth-order valence-corrected chi connectivity index (χ4v) is 2.58. The third-order valence-corrected chi connectivity index (χ3v) is 3.62. The van der Waals surface area contributed by atoms with E-state index in [0.29, 0.717) is 0 Å². The van der Waals surface area contributed by atoms with Gasteiger partial charge in [-0.2, -0.15) is 0 Å². The summed E-state index contributed by atoms with van der Waals surface area (Å²) in [6, 6.07) is 17.4. The van der Waals surface area contributed by atoms with Crippen molar-refractivity contribution in [2.45, 2.75) is 12.8 Å². The molecule has 2 aromatic rings. The van der Waals surface area contributed by atoms with E-state index in [0.717, 1.165) is 24.2 Å². The van der Waals surface area contributed by atoms with Crippen LogP contribution in [0, 0.1) is 0 Å². The summed E-state index contributed by atoms with van der Waals surface area (Å²) in [5.41, 5.74) is 2.69. The molecule has 0 aromatic heterocycles. The Morgan fingerprint density at radius 1 is 0.842 bits per heavy atom. The van der Waals surface area contributed by atoms with Crippen LogP contribution in [0.15, 0.2) is 54.6 Å². The first-order chi connectivity index (χ1) is 9.34. The number of carbonyl (C=O) groups excluding carboxylic acids is 1. The zero-order valence-corrected chi connectivity index (χ0v) is 10.9. The molecule has 2 heteroatoms.